The van der Waals surface area contributed by atoms with Crippen LogP contribution in [0.4, 0.5) is 0 Å². The maximum Gasteiger partial charge on any atom is 0.125 e. The van der Waals surface area contributed by atoms with Gasteiger partial charge in [0.2, 0.25) is 0 Å². The van der Waals surface area contributed by atoms with Gasteiger partial charge in [0, 0.05) is 16.2 Å². The van der Waals surface area contributed by atoms with E-state index in [1.54, 1.807) is 16.9 Å². The minimum absolute atomic E-state index is 0.0166. The number of amidine groups is 1. The maximum absolute atomic E-state index is 7.53. The first-order valence-electron chi connectivity index (χ1n) is 4.42. The number of nitrogens with zero attached hydrogens (tertiary/aromatic N) is 2. The molecule has 2 rings (SSSR count). The second-order valence-corrected chi connectivity index (χ2v) is 5.01. The molecule has 3 N–H and O–H groups in total. The van der Waals surface area contributed by atoms with Gasteiger partial charge in [-0.2, -0.15) is 5.10 Å². The molecule has 1 aromatic carbocycles. The SMILES string of the molecule is N=C(N)c1cc(Br)ccc1-n1cc(Br)cn1. The first kappa shape index (κ1) is 11.3. The molecule has 0 aliphatic carbocycles. The lowest BCUT2D eigenvalue weighted by atomic mass is 10.1. The maximum atomic E-state index is 7.53. The van der Waals surface area contributed by atoms with Crippen LogP contribution in [0.25, 0.3) is 5.69 Å². The van der Waals surface area contributed by atoms with Crippen LogP contribution >= 0.6 is 31.9 Å². The summed E-state index contributed by atoms with van der Waals surface area (Å²) in [5, 5.41) is 11.7. The predicted molar refractivity (Wildman–Crippen MR) is 70.0 cm³/mol. The molecular formula is C10H8Br2N4. The lowest BCUT2D eigenvalue weighted by molar-refractivity contribution is 0.877. The second-order valence-electron chi connectivity index (χ2n) is 3.18. The van der Waals surface area contributed by atoms with Crippen LogP contribution in [0.15, 0.2) is 39.5 Å². The summed E-state index contributed by atoms with van der Waals surface area (Å²) in [6.45, 7) is 0. The summed E-state index contributed by atoms with van der Waals surface area (Å²) in [6, 6.07) is 5.55. The van der Waals surface area contributed by atoms with E-state index in [4.69, 9.17) is 11.1 Å². The average Bonchev–Trinajstić information content (AvgIpc) is 2.64. The molecule has 0 radical (unpaired) electrons. The Morgan fingerprint density at radius 2 is 2.06 bits per heavy atom. The van der Waals surface area contributed by atoms with Gasteiger partial charge >= 0.3 is 0 Å². The van der Waals surface area contributed by atoms with Crippen LogP contribution in [-0.2, 0) is 0 Å². The molecule has 16 heavy (non-hydrogen) atoms. The topological polar surface area (TPSA) is 67.7 Å². The summed E-state index contributed by atoms with van der Waals surface area (Å²) in [4.78, 5) is 0. The summed E-state index contributed by atoms with van der Waals surface area (Å²) in [5.41, 5.74) is 6.96. The summed E-state index contributed by atoms with van der Waals surface area (Å²) in [6.07, 6.45) is 3.50. The molecule has 1 heterocycles. The van der Waals surface area contributed by atoms with E-state index in [1.165, 1.54) is 0 Å². The zero-order valence-electron chi connectivity index (χ0n) is 8.11. The Kier molecular flexibility index (Phi) is 3.11. The fourth-order valence-electron chi connectivity index (χ4n) is 1.36. The fourth-order valence-corrected chi connectivity index (χ4v) is 2.00. The van der Waals surface area contributed by atoms with Gasteiger partial charge in [0.15, 0.2) is 0 Å². The quantitative estimate of drug-likeness (QED) is 0.650. The molecule has 0 spiro atoms. The van der Waals surface area contributed by atoms with Crippen molar-refractivity contribution >= 4 is 37.7 Å². The fraction of sp³-hybridized carbons (Fsp3) is 0. The Bertz CT molecular complexity index is 548. The highest BCUT2D eigenvalue weighted by atomic mass is 79.9. The largest absolute Gasteiger partial charge is 0.384 e. The minimum Gasteiger partial charge on any atom is -0.384 e. The van der Waals surface area contributed by atoms with Gasteiger partial charge in [-0.25, -0.2) is 4.68 Å². The molecule has 0 saturated heterocycles. The molecule has 0 unspecified atom stereocenters. The lowest BCUT2D eigenvalue weighted by Crippen LogP contribution is -2.15. The molecule has 1 aromatic heterocycles. The monoisotopic (exact) mass is 342 g/mol. The Morgan fingerprint density at radius 1 is 1.31 bits per heavy atom. The zero-order chi connectivity index (χ0) is 11.7. The van der Waals surface area contributed by atoms with E-state index in [0.29, 0.717) is 5.56 Å². The number of halogens is 2. The number of aromatic nitrogens is 2. The van der Waals surface area contributed by atoms with Crippen LogP contribution in [0.3, 0.4) is 0 Å². The summed E-state index contributed by atoms with van der Waals surface area (Å²) >= 11 is 6.68. The molecule has 0 aliphatic rings. The van der Waals surface area contributed by atoms with Gasteiger partial charge in [-0.3, -0.25) is 5.41 Å². The molecule has 4 nitrogen and oxygen atoms in total. The van der Waals surface area contributed by atoms with Crippen molar-refractivity contribution in [3.05, 3.63) is 45.1 Å². The first-order chi connectivity index (χ1) is 7.58. The van der Waals surface area contributed by atoms with E-state index in [2.05, 4.69) is 37.0 Å². The highest BCUT2D eigenvalue weighted by Crippen LogP contribution is 2.20. The van der Waals surface area contributed by atoms with Crippen molar-refractivity contribution in [1.29, 1.82) is 5.41 Å². The van der Waals surface area contributed by atoms with Crippen LogP contribution in [0, 0.1) is 5.41 Å². The third-order valence-corrected chi connectivity index (χ3v) is 2.95. The molecule has 0 bridgehead atoms. The summed E-state index contributed by atoms with van der Waals surface area (Å²) in [7, 11) is 0. The number of nitrogens with two attached hydrogens (primary N) is 1. The Morgan fingerprint density at radius 3 is 2.62 bits per heavy atom. The van der Waals surface area contributed by atoms with Gasteiger partial charge in [-0.1, -0.05) is 15.9 Å². The van der Waals surface area contributed by atoms with Crippen molar-refractivity contribution in [3.8, 4) is 5.69 Å². The van der Waals surface area contributed by atoms with Crippen molar-refractivity contribution in [2.45, 2.75) is 0 Å². The highest BCUT2D eigenvalue weighted by molar-refractivity contribution is 9.10. The number of hydrogen-bond donors (Lipinski definition) is 2. The first-order valence-corrected chi connectivity index (χ1v) is 6.01. The Hall–Kier alpha value is -1.14. The molecule has 0 atom stereocenters. The summed E-state index contributed by atoms with van der Waals surface area (Å²) in [5.74, 6) is 0.0166. The van der Waals surface area contributed by atoms with Crippen LogP contribution in [-0.4, -0.2) is 15.6 Å². The van der Waals surface area contributed by atoms with Crippen molar-refractivity contribution in [3.63, 3.8) is 0 Å². The highest BCUT2D eigenvalue weighted by Gasteiger charge is 2.08. The van der Waals surface area contributed by atoms with Gasteiger partial charge in [-0.15, -0.1) is 0 Å². The van der Waals surface area contributed by atoms with Gasteiger partial charge < -0.3 is 5.73 Å². The minimum atomic E-state index is 0.0166. The van der Waals surface area contributed by atoms with Crippen LogP contribution in [0.5, 0.6) is 0 Å². The van der Waals surface area contributed by atoms with Crippen LogP contribution in [0.2, 0.25) is 0 Å². The van der Waals surface area contributed by atoms with Crippen molar-refractivity contribution in [2.75, 3.05) is 0 Å². The Labute approximate surface area is 109 Å². The molecule has 0 saturated carbocycles. The molecule has 0 amide bonds. The van der Waals surface area contributed by atoms with Crippen molar-refractivity contribution in [2.24, 2.45) is 5.73 Å². The molecule has 6 heteroatoms. The predicted octanol–water partition coefficient (Wildman–Crippen LogP) is 2.68. The standard InChI is InChI=1S/C10H8Br2N4/c11-6-1-2-9(8(3-6)10(13)14)16-5-7(12)4-15-16/h1-5H,(H3,13,14). The number of benzene rings is 1. The van der Waals surface area contributed by atoms with E-state index >= 15 is 0 Å². The van der Waals surface area contributed by atoms with Gasteiger partial charge in [0.1, 0.15) is 5.84 Å². The smallest absolute Gasteiger partial charge is 0.125 e. The van der Waals surface area contributed by atoms with Crippen molar-refractivity contribution in [1.82, 2.24) is 9.78 Å². The van der Waals surface area contributed by atoms with Gasteiger partial charge in [-0.05, 0) is 34.1 Å². The molecule has 0 fully saturated rings. The number of nitrogen functional groups attached to an aromatic ring is 1. The second kappa shape index (κ2) is 4.39. The number of hydrogen-bond acceptors (Lipinski definition) is 2. The van der Waals surface area contributed by atoms with Crippen LogP contribution < -0.4 is 5.73 Å². The summed E-state index contributed by atoms with van der Waals surface area (Å²) < 4.78 is 3.44. The molecule has 82 valence electrons. The van der Waals surface area contributed by atoms with E-state index in [9.17, 15) is 0 Å². The third kappa shape index (κ3) is 2.17. The average molecular weight is 344 g/mol. The van der Waals surface area contributed by atoms with E-state index in [-0.39, 0.29) is 5.84 Å². The molecule has 2 aromatic rings. The number of nitrogens with one attached hydrogen (secondary N) is 1. The zero-order valence-corrected chi connectivity index (χ0v) is 11.3. The van der Waals surface area contributed by atoms with Gasteiger partial charge in [0.05, 0.1) is 16.4 Å². The van der Waals surface area contributed by atoms with E-state index < -0.39 is 0 Å². The molecule has 0 aliphatic heterocycles. The lowest BCUT2D eigenvalue weighted by Gasteiger charge is -2.08. The van der Waals surface area contributed by atoms with Crippen LogP contribution in [0.1, 0.15) is 5.56 Å². The van der Waals surface area contributed by atoms with E-state index in [0.717, 1.165) is 14.6 Å². The Balaban J connectivity index is 2.60. The van der Waals surface area contributed by atoms with Crippen molar-refractivity contribution < 1.29 is 0 Å². The normalized spacial score (nSPS) is 10.4. The van der Waals surface area contributed by atoms with Gasteiger partial charge in [0.25, 0.3) is 0 Å². The third-order valence-electron chi connectivity index (χ3n) is 2.05. The molecular weight excluding hydrogens is 336 g/mol. The van der Waals surface area contributed by atoms with E-state index in [1.807, 2.05) is 18.3 Å². The number of rotatable bonds is 2.